The molecule has 1 aliphatic rings. The second kappa shape index (κ2) is 10.6. The Morgan fingerprint density at radius 3 is 2.70 bits per heavy atom. The maximum absolute atomic E-state index is 12.4. The zero-order valence-electron chi connectivity index (χ0n) is 17.4. The van der Waals surface area contributed by atoms with Gasteiger partial charge in [-0.25, -0.2) is 4.79 Å². The molecular weight excluding hydrogens is 469 g/mol. The normalized spacial score (nSPS) is 18.0. The third-order valence-electron chi connectivity index (χ3n) is 4.24. The minimum Gasteiger partial charge on any atom is -0.492 e. The second-order valence-corrected chi connectivity index (χ2v) is 8.98. The number of alkyl carbamates (subject to hydrolysis) is 1. The van der Waals surface area contributed by atoms with Crippen LogP contribution in [0.1, 0.15) is 40.0 Å². The first-order chi connectivity index (χ1) is 13.9. The quantitative estimate of drug-likeness (QED) is 0.531. The molecule has 1 amide bonds. The van der Waals surface area contributed by atoms with Crippen LogP contribution in [-0.2, 0) is 4.74 Å². The van der Waals surface area contributed by atoms with E-state index in [0.717, 1.165) is 32.5 Å². The summed E-state index contributed by atoms with van der Waals surface area (Å²) in [5, 5.41) is 2.91. The third kappa shape index (κ3) is 9.42. The molecule has 0 radical (unpaired) electrons. The Balaban J connectivity index is 1.75. The maximum atomic E-state index is 12.4. The molecule has 10 heteroatoms. The number of likely N-dealkylation sites (tertiary alicyclic amines) is 1. The second-order valence-electron chi connectivity index (χ2n) is 8.13. The van der Waals surface area contributed by atoms with Crippen LogP contribution >= 0.6 is 15.9 Å². The molecule has 30 heavy (non-hydrogen) atoms. The fourth-order valence-corrected chi connectivity index (χ4v) is 3.47. The van der Waals surface area contributed by atoms with E-state index in [4.69, 9.17) is 9.47 Å². The highest BCUT2D eigenvalue weighted by Crippen LogP contribution is 2.32. The van der Waals surface area contributed by atoms with Crippen LogP contribution in [0.3, 0.4) is 0 Å². The highest BCUT2D eigenvalue weighted by atomic mass is 79.9. The summed E-state index contributed by atoms with van der Waals surface area (Å²) in [7, 11) is 0. The molecule has 1 saturated heterocycles. The highest BCUT2D eigenvalue weighted by Gasteiger charge is 2.31. The number of rotatable bonds is 7. The Morgan fingerprint density at radius 2 is 2.03 bits per heavy atom. The molecule has 1 aromatic carbocycles. The molecule has 1 unspecified atom stereocenters. The van der Waals surface area contributed by atoms with Crippen molar-refractivity contribution in [2.45, 2.75) is 58.0 Å². The number of halogens is 4. The van der Waals surface area contributed by atoms with E-state index < -0.39 is 18.1 Å². The van der Waals surface area contributed by atoms with Crippen molar-refractivity contribution in [2.75, 3.05) is 26.2 Å². The molecule has 6 nitrogen and oxygen atoms in total. The molecule has 170 valence electrons. The summed E-state index contributed by atoms with van der Waals surface area (Å²) in [5.41, 5.74) is -0.535. The number of ether oxygens (including phenoxy) is 3. The van der Waals surface area contributed by atoms with E-state index in [0.29, 0.717) is 23.2 Å². The number of piperidine rings is 1. The molecule has 0 spiro atoms. The van der Waals surface area contributed by atoms with Crippen LogP contribution in [0.5, 0.6) is 11.5 Å². The SMILES string of the molecule is CC(C)(C)OC(=O)NC1CCCN(CCCOc2cc(OC(F)(F)F)ccc2Br)C1. The van der Waals surface area contributed by atoms with E-state index in [2.05, 4.69) is 30.9 Å². The Bertz CT molecular complexity index is 710. The Hall–Kier alpha value is -1.68. The average Bonchev–Trinajstić information content (AvgIpc) is 2.58. The van der Waals surface area contributed by atoms with Crippen LogP contribution in [0.15, 0.2) is 22.7 Å². The smallest absolute Gasteiger partial charge is 0.492 e. The van der Waals surface area contributed by atoms with Crippen LogP contribution in [0.25, 0.3) is 0 Å². The lowest BCUT2D eigenvalue weighted by molar-refractivity contribution is -0.274. The summed E-state index contributed by atoms with van der Waals surface area (Å²) in [6, 6.07) is 3.91. The summed E-state index contributed by atoms with van der Waals surface area (Å²) in [6.07, 6.45) is -2.61. The molecule has 0 aliphatic carbocycles. The number of benzene rings is 1. The highest BCUT2D eigenvalue weighted by molar-refractivity contribution is 9.10. The lowest BCUT2D eigenvalue weighted by Crippen LogP contribution is -2.49. The van der Waals surface area contributed by atoms with Crippen molar-refractivity contribution in [1.82, 2.24) is 10.2 Å². The Morgan fingerprint density at radius 1 is 1.30 bits per heavy atom. The first kappa shape index (κ1) is 24.6. The molecule has 1 aliphatic heterocycles. The zero-order chi connectivity index (χ0) is 22.4. The van der Waals surface area contributed by atoms with Gasteiger partial charge in [-0.3, -0.25) is 0 Å². The minimum atomic E-state index is -4.75. The summed E-state index contributed by atoms with van der Waals surface area (Å²) < 4.78 is 52.5. The first-order valence-electron chi connectivity index (χ1n) is 9.81. The number of hydrogen-bond donors (Lipinski definition) is 1. The van der Waals surface area contributed by atoms with Gasteiger partial charge < -0.3 is 24.4 Å². The topological polar surface area (TPSA) is 60.0 Å². The van der Waals surface area contributed by atoms with Gasteiger partial charge in [0.05, 0.1) is 11.1 Å². The van der Waals surface area contributed by atoms with Gasteiger partial charge in [0.25, 0.3) is 0 Å². The van der Waals surface area contributed by atoms with Crippen LogP contribution in [0.4, 0.5) is 18.0 Å². The third-order valence-corrected chi connectivity index (χ3v) is 4.89. The van der Waals surface area contributed by atoms with Crippen molar-refractivity contribution >= 4 is 22.0 Å². The van der Waals surface area contributed by atoms with Crippen molar-refractivity contribution in [1.29, 1.82) is 0 Å². The van der Waals surface area contributed by atoms with Crippen LogP contribution in [0.2, 0.25) is 0 Å². The fourth-order valence-electron chi connectivity index (χ4n) is 3.11. The largest absolute Gasteiger partial charge is 0.573 e. The van der Waals surface area contributed by atoms with Crippen molar-refractivity contribution in [3.8, 4) is 11.5 Å². The van der Waals surface area contributed by atoms with Gasteiger partial charge in [-0.05, 0) is 74.6 Å². The van der Waals surface area contributed by atoms with Gasteiger partial charge in [-0.15, -0.1) is 13.2 Å². The van der Waals surface area contributed by atoms with Crippen LogP contribution in [0, 0.1) is 0 Å². The monoisotopic (exact) mass is 496 g/mol. The molecule has 1 atom stereocenters. The number of hydrogen-bond acceptors (Lipinski definition) is 5. The van der Waals surface area contributed by atoms with Crippen LogP contribution < -0.4 is 14.8 Å². The summed E-state index contributed by atoms with van der Waals surface area (Å²) in [5.74, 6) is -0.0346. The van der Waals surface area contributed by atoms with E-state index in [9.17, 15) is 18.0 Å². The standard InChI is InChI=1S/C20H28BrF3N2O4/c1-19(2,3)30-18(27)25-14-6-4-9-26(13-14)10-5-11-28-17-12-15(7-8-16(17)21)29-20(22,23)24/h7-8,12,14H,4-6,9-11,13H2,1-3H3,(H,25,27). The predicted molar refractivity (Wildman–Crippen MR) is 110 cm³/mol. The van der Waals surface area contributed by atoms with Gasteiger partial charge in [0.2, 0.25) is 0 Å². The molecule has 1 fully saturated rings. The molecule has 2 rings (SSSR count). The summed E-state index contributed by atoms with van der Waals surface area (Å²) in [6.45, 7) is 8.20. The zero-order valence-corrected chi connectivity index (χ0v) is 18.9. The van der Waals surface area contributed by atoms with Crippen molar-refractivity contribution in [2.24, 2.45) is 0 Å². The number of nitrogens with one attached hydrogen (secondary N) is 1. The van der Waals surface area contributed by atoms with E-state index in [1.54, 1.807) is 0 Å². The van der Waals surface area contributed by atoms with Crippen LogP contribution in [-0.4, -0.2) is 55.2 Å². The van der Waals surface area contributed by atoms with Crippen molar-refractivity contribution in [3.05, 3.63) is 22.7 Å². The molecular formula is C20H28BrF3N2O4. The lowest BCUT2D eigenvalue weighted by atomic mass is 10.1. The molecule has 1 heterocycles. The van der Waals surface area contributed by atoms with Gasteiger partial charge >= 0.3 is 12.5 Å². The van der Waals surface area contributed by atoms with Gasteiger partial charge in [-0.1, -0.05) is 0 Å². The number of alkyl halides is 3. The number of carbonyl (C=O) groups excluding carboxylic acids is 1. The fraction of sp³-hybridized carbons (Fsp3) is 0.650. The lowest BCUT2D eigenvalue weighted by Gasteiger charge is -2.33. The molecule has 1 N–H and O–H groups in total. The molecule has 0 aromatic heterocycles. The Labute approximate surface area is 183 Å². The van der Waals surface area contributed by atoms with Crippen molar-refractivity contribution in [3.63, 3.8) is 0 Å². The van der Waals surface area contributed by atoms with Gasteiger partial charge in [-0.2, -0.15) is 0 Å². The van der Waals surface area contributed by atoms with Crippen molar-refractivity contribution < 1.29 is 32.2 Å². The molecule has 0 bridgehead atoms. The van der Waals surface area contributed by atoms with Gasteiger partial charge in [0.15, 0.2) is 0 Å². The molecule has 1 aromatic rings. The maximum Gasteiger partial charge on any atom is 0.573 e. The van der Waals surface area contributed by atoms with E-state index in [-0.39, 0.29) is 11.8 Å². The van der Waals surface area contributed by atoms with E-state index >= 15 is 0 Å². The average molecular weight is 497 g/mol. The molecule has 0 saturated carbocycles. The van der Waals surface area contributed by atoms with Gasteiger partial charge in [0, 0.05) is 25.2 Å². The predicted octanol–water partition coefficient (Wildman–Crippen LogP) is 5.11. The first-order valence-corrected chi connectivity index (χ1v) is 10.6. The van der Waals surface area contributed by atoms with Gasteiger partial charge in [0.1, 0.15) is 17.1 Å². The minimum absolute atomic E-state index is 0.0276. The number of carbonyl (C=O) groups is 1. The summed E-state index contributed by atoms with van der Waals surface area (Å²) in [4.78, 5) is 14.2. The summed E-state index contributed by atoms with van der Waals surface area (Å²) >= 11 is 3.27. The Kier molecular flexibility index (Phi) is 8.66. The number of amides is 1. The number of nitrogens with zero attached hydrogens (tertiary/aromatic N) is 1. The van der Waals surface area contributed by atoms with E-state index in [1.807, 2.05) is 20.8 Å². The van der Waals surface area contributed by atoms with E-state index in [1.165, 1.54) is 18.2 Å².